The zero-order chi connectivity index (χ0) is 32.0. The van der Waals surface area contributed by atoms with Gasteiger partial charge in [0.2, 0.25) is 11.8 Å². The maximum Gasteiger partial charge on any atom is 0.309 e. The van der Waals surface area contributed by atoms with E-state index >= 15 is 0 Å². The number of amides is 2. The fourth-order valence-electron chi connectivity index (χ4n) is 6.21. The van der Waals surface area contributed by atoms with Crippen LogP contribution in [0.3, 0.4) is 0 Å². The summed E-state index contributed by atoms with van der Waals surface area (Å²) < 4.78 is 5.95. The SMILES string of the molecule is C=CCCC[C@H](Cc1ccccc1)C(=O)OC[C@H](Cc1c[nH]c2ccccc12)NC(=O)[C@H](CC=C)CC(=O)N1CCC[C@H]1CO. The molecule has 0 spiro atoms. The number of rotatable bonds is 18. The molecule has 1 aromatic heterocycles. The number of unbranched alkanes of at least 4 members (excludes halogenated alkanes) is 1. The fraction of sp³-hybridized carbons (Fsp3) is 0.432. The van der Waals surface area contributed by atoms with Crippen LogP contribution < -0.4 is 5.32 Å². The van der Waals surface area contributed by atoms with E-state index in [0.29, 0.717) is 32.2 Å². The molecular formula is C37H47N3O5. The van der Waals surface area contributed by atoms with Gasteiger partial charge in [-0.15, -0.1) is 13.2 Å². The molecule has 2 amide bonds. The predicted octanol–water partition coefficient (Wildman–Crippen LogP) is 5.52. The Bertz CT molecular complexity index is 1420. The standard InChI is InChI=1S/C37H47N3O5/c1-3-5-7-16-29(21-27-14-8-6-9-15-27)37(44)45-26-31(22-30-24-38-34-19-11-10-18-33(30)34)39-36(43)28(13-4-2)23-35(42)40-20-12-17-32(40)25-41/h3-4,6,8-11,14-15,18-19,24,28-29,31-32,38,41H,1-2,5,7,12-13,16-17,20-23,25-26H2,(H,39,43)/t28-,29-,31+,32+/m1/s1. The van der Waals surface area contributed by atoms with Gasteiger partial charge in [-0.1, -0.05) is 60.7 Å². The number of H-pyrrole nitrogens is 1. The number of hydrogen-bond acceptors (Lipinski definition) is 5. The van der Waals surface area contributed by atoms with Crippen molar-refractivity contribution in [2.24, 2.45) is 11.8 Å². The van der Waals surface area contributed by atoms with E-state index in [2.05, 4.69) is 23.5 Å². The van der Waals surface area contributed by atoms with Crippen molar-refractivity contribution in [3.63, 3.8) is 0 Å². The van der Waals surface area contributed by atoms with Gasteiger partial charge in [0.1, 0.15) is 6.61 Å². The Kier molecular flexibility index (Phi) is 13.0. The van der Waals surface area contributed by atoms with Gasteiger partial charge in [-0.3, -0.25) is 14.4 Å². The number of carbonyl (C=O) groups is 3. The average Bonchev–Trinajstić information content (AvgIpc) is 3.71. The number of benzene rings is 2. The van der Waals surface area contributed by atoms with Crippen molar-refractivity contribution in [2.45, 2.75) is 69.9 Å². The van der Waals surface area contributed by atoms with Gasteiger partial charge in [0.05, 0.1) is 30.5 Å². The van der Waals surface area contributed by atoms with Gasteiger partial charge in [-0.25, -0.2) is 0 Å². The second kappa shape index (κ2) is 17.4. The van der Waals surface area contributed by atoms with Gasteiger partial charge < -0.3 is 25.0 Å². The number of aliphatic hydroxyl groups is 1. The summed E-state index contributed by atoms with van der Waals surface area (Å²) in [7, 11) is 0. The first kappa shape index (κ1) is 33.7. The minimum Gasteiger partial charge on any atom is -0.463 e. The Morgan fingerprint density at radius 1 is 1.04 bits per heavy atom. The number of hydrogen-bond donors (Lipinski definition) is 3. The number of aromatic amines is 1. The maximum atomic E-state index is 13.7. The van der Waals surface area contributed by atoms with Crippen LogP contribution in [0.15, 0.2) is 86.1 Å². The third-order valence-corrected chi connectivity index (χ3v) is 8.68. The van der Waals surface area contributed by atoms with Crippen molar-refractivity contribution in [3.05, 3.63) is 97.2 Å². The molecule has 4 rings (SSSR count). The van der Waals surface area contributed by atoms with Gasteiger partial charge >= 0.3 is 5.97 Å². The molecule has 1 aliphatic heterocycles. The summed E-state index contributed by atoms with van der Waals surface area (Å²) in [6.07, 6.45) is 10.7. The van der Waals surface area contributed by atoms with Crippen LogP contribution in [0.5, 0.6) is 0 Å². The molecule has 1 saturated heterocycles. The van der Waals surface area contributed by atoms with Crippen molar-refractivity contribution >= 4 is 28.7 Å². The number of esters is 1. The number of fused-ring (bicyclic) bond motifs is 1. The van der Waals surface area contributed by atoms with Crippen molar-refractivity contribution < 1.29 is 24.2 Å². The van der Waals surface area contributed by atoms with E-state index in [9.17, 15) is 19.5 Å². The Morgan fingerprint density at radius 3 is 2.58 bits per heavy atom. The first-order chi connectivity index (χ1) is 21.9. The highest BCUT2D eigenvalue weighted by Gasteiger charge is 2.32. The lowest BCUT2D eigenvalue weighted by molar-refractivity contribution is -0.150. The largest absolute Gasteiger partial charge is 0.463 e. The minimum absolute atomic E-state index is 0.00426. The Hall–Kier alpha value is -4.17. The molecule has 8 heteroatoms. The molecule has 0 bridgehead atoms. The number of nitrogens with one attached hydrogen (secondary N) is 2. The van der Waals surface area contributed by atoms with Crippen molar-refractivity contribution in [3.8, 4) is 0 Å². The third-order valence-electron chi connectivity index (χ3n) is 8.68. The molecule has 2 heterocycles. The lowest BCUT2D eigenvalue weighted by Gasteiger charge is -2.26. The molecule has 0 saturated carbocycles. The molecular weight excluding hydrogens is 566 g/mol. The number of nitrogens with zero attached hydrogens (tertiary/aromatic N) is 1. The van der Waals surface area contributed by atoms with Crippen LogP contribution in [0.1, 0.15) is 56.1 Å². The molecule has 3 aromatic rings. The van der Waals surface area contributed by atoms with Gasteiger partial charge in [0.15, 0.2) is 0 Å². The number of aromatic nitrogens is 1. The van der Waals surface area contributed by atoms with Crippen molar-refractivity contribution in [1.29, 1.82) is 0 Å². The van der Waals surface area contributed by atoms with Crippen molar-refractivity contribution in [1.82, 2.24) is 15.2 Å². The van der Waals surface area contributed by atoms with E-state index in [-0.39, 0.29) is 49.4 Å². The Balaban J connectivity index is 1.48. The summed E-state index contributed by atoms with van der Waals surface area (Å²) in [6, 6.07) is 17.1. The highest BCUT2D eigenvalue weighted by atomic mass is 16.5. The minimum atomic E-state index is -0.624. The van der Waals surface area contributed by atoms with Gasteiger partial charge in [-0.05, 0) is 68.6 Å². The number of ether oxygens (including phenoxy) is 1. The third kappa shape index (κ3) is 9.66. The predicted molar refractivity (Wildman–Crippen MR) is 177 cm³/mol. The second-order valence-corrected chi connectivity index (χ2v) is 12.0. The van der Waals surface area contributed by atoms with Crippen molar-refractivity contribution in [2.75, 3.05) is 19.8 Å². The maximum absolute atomic E-state index is 13.7. The summed E-state index contributed by atoms with van der Waals surface area (Å²) in [6.45, 7) is 8.13. The van der Waals surface area contributed by atoms with Crippen LogP contribution in [0.2, 0.25) is 0 Å². The summed E-state index contributed by atoms with van der Waals surface area (Å²) in [5.74, 6) is -1.65. The normalized spacial score (nSPS) is 16.6. The van der Waals surface area contributed by atoms with Crippen LogP contribution in [0.25, 0.3) is 10.9 Å². The molecule has 1 fully saturated rings. The van der Waals surface area contributed by atoms with Crippen LogP contribution in [-0.2, 0) is 32.0 Å². The summed E-state index contributed by atoms with van der Waals surface area (Å²) in [5, 5.41) is 13.8. The number of likely N-dealkylation sites (tertiary alicyclic amines) is 1. The van der Waals surface area contributed by atoms with E-state index in [1.807, 2.05) is 66.9 Å². The molecule has 0 aliphatic carbocycles. The molecule has 1 aliphatic rings. The molecule has 45 heavy (non-hydrogen) atoms. The van der Waals surface area contributed by atoms with E-state index in [4.69, 9.17) is 4.74 Å². The van der Waals surface area contributed by atoms with E-state index in [1.54, 1.807) is 11.0 Å². The topological polar surface area (TPSA) is 112 Å². The highest BCUT2D eigenvalue weighted by molar-refractivity contribution is 5.87. The van der Waals surface area contributed by atoms with E-state index in [0.717, 1.165) is 47.7 Å². The van der Waals surface area contributed by atoms with Crippen LogP contribution in [0, 0.1) is 11.8 Å². The first-order valence-corrected chi connectivity index (χ1v) is 16.1. The van der Waals surface area contributed by atoms with Crippen LogP contribution >= 0.6 is 0 Å². The van der Waals surface area contributed by atoms with Gasteiger partial charge in [-0.2, -0.15) is 0 Å². The molecule has 8 nitrogen and oxygen atoms in total. The lowest BCUT2D eigenvalue weighted by atomic mass is 9.94. The number of carbonyl (C=O) groups excluding carboxylic acids is 3. The quantitative estimate of drug-likeness (QED) is 0.0994. The molecule has 4 atom stereocenters. The first-order valence-electron chi connectivity index (χ1n) is 16.1. The number of para-hydroxylation sites is 1. The molecule has 0 radical (unpaired) electrons. The lowest BCUT2D eigenvalue weighted by Crippen LogP contribution is -2.45. The van der Waals surface area contributed by atoms with Gasteiger partial charge in [0, 0.05) is 30.1 Å². The highest BCUT2D eigenvalue weighted by Crippen LogP contribution is 2.23. The monoisotopic (exact) mass is 613 g/mol. The van der Waals surface area contributed by atoms with Crippen LogP contribution in [0.4, 0.5) is 0 Å². The summed E-state index contributed by atoms with van der Waals surface area (Å²) in [5.41, 5.74) is 3.05. The second-order valence-electron chi connectivity index (χ2n) is 12.0. The van der Waals surface area contributed by atoms with E-state index < -0.39 is 12.0 Å². The van der Waals surface area contributed by atoms with Gasteiger partial charge in [0.25, 0.3) is 0 Å². The smallest absolute Gasteiger partial charge is 0.309 e. The average molecular weight is 614 g/mol. The molecule has 3 N–H and O–H groups in total. The Morgan fingerprint density at radius 2 is 1.82 bits per heavy atom. The summed E-state index contributed by atoms with van der Waals surface area (Å²) in [4.78, 5) is 45.3. The fourth-order valence-corrected chi connectivity index (χ4v) is 6.21. The van der Waals surface area contributed by atoms with E-state index in [1.165, 1.54) is 0 Å². The molecule has 240 valence electrons. The molecule has 0 unspecified atom stereocenters. The zero-order valence-electron chi connectivity index (χ0n) is 26.2. The number of allylic oxidation sites excluding steroid dienone is 2. The summed E-state index contributed by atoms with van der Waals surface area (Å²) >= 11 is 0. The Labute approximate surface area is 266 Å². The zero-order valence-corrected chi connectivity index (χ0v) is 26.2. The molecule has 2 aromatic carbocycles. The number of aliphatic hydroxyl groups excluding tert-OH is 1. The van der Waals surface area contributed by atoms with Crippen LogP contribution in [-0.4, -0.2) is 64.6 Å².